The third-order valence-electron chi connectivity index (χ3n) is 2.48. The minimum Gasteiger partial charge on any atom is -0.480 e. The van der Waals surface area contributed by atoms with E-state index in [1.807, 2.05) is 0 Å². The van der Waals surface area contributed by atoms with E-state index >= 15 is 0 Å². The van der Waals surface area contributed by atoms with E-state index in [1.165, 1.54) is 36.5 Å². The van der Waals surface area contributed by atoms with Gasteiger partial charge in [0.1, 0.15) is 6.20 Å². The van der Waals surface area contributed by atoms with Crippen LogP contribution in [-0.2, 0) is 24.5 Å². The van der Waals surface area contributed by atoms with Gasteiger partial charge in [0.25, 0.3) is 0 Å². The van der Waals surface area contributed by atoms with Gasteiger partial charge in [0, 0.05) is 6.26 Å². The standard InChI is InChI=1S/C10H11N5O4S/c1-14-8(11-5-9(14)15(16)17)6-19-7-3-12-10(13-4-7)20(2)18/h3-5H,6H2,1-2H3. The number of aromatic nitrogens is 4. The van der Waals surface area contributed by atoms with Crippen molar-refractivity contribution in [3.63, 3.8) is 0 Å². The summed E-state index contributed by atoms with van der Waals surface area (Å²) >= 11 is 0. The summed E-state index contributed by atoms with van der Waals surface area (Å²) in [6.45, 7) is 0.0439. The summed E-state index contributed by atoms with van der Waals surface area (Å²) in [5.74, 6) is 0.654. The molecule has 20 heavy (non-hydrogen) atoms. The highest BCUT2D eigenvalue weighted by Gasteiger charge is 2.16. The third-order valence-corrected chi connectivity index (χ3v) is 3.20. The molecule has 0 saturated heterocycles. The van der Waals surface area contributed by atoms with Crippen LogP contribution >= 0.6 is 0 Å². The molecule has 0 bridgehead atoms. The maximum absolute atomic E-state index is 11.1. The molecule has 0 aliphatic carbocycles. The average Bonchev–Trinajstić information content (AvgIpc) is 2.78. The summed E-state index contributed by atoms with van der Waals surface area (Å²) in [5, 5.41) is 10.9. The Bertz CT molecular complexity index is 654. The number of imidazole rings is 1. The molecule has 2 aromatic rings. The Hall–Kier alpha value is -2.36. The number of nitro groups is 1. The highest BCUT2D eigenvalue weighted by atomic mass is 32.2. The van der Waals surface area contributed by atoms with Crippen molar-refractivity contribution in [3.8, 4) is 5.75 Å². The first-order chi connectivity index (χ1) is 9.49. The van der Waals surface area contributed by atoms with Crippen molar-refractivity contribution < 1.29 is 13.9 Å². The molecule has 0 amide bonds. The van der Waals surface area contributed by atoms with Crippen molar-refractivity contribution in [2.75, 3.05) is 6.26 Å². The van der Waals surface area contributed by atoms with Gasteiger partial charge in [-0.05, 0) is 4.92 Å². The molecular weight excluding hydrogens is 286 g/mol. The Balaban J connectivity index is 2.05. The number of rotatable bonds is 5. The van der Waals surface area contributed by atoms with E-state index in [9.17, 15) is 14.3 Å². The van der Waals surface area contributed by atoms with Crippen LogP contribution in [0.25, 0.3) is 0 Å². The summed E-state index contributed by atoms with van der Waals surface area (Å²) in [6, 6.07) is 0. The lowest BCUT2D eigenvalue weighted by Gasteiger charge is -2.03. The minimum absolute atomic E-state index is 0.0439. The maximum atomic E-state index is 11.1. The minimum atomic E-state index is -1.25. The smallest absolute Gasteiger partial charge is 0.342 e. The molecule has 10 heteroatoms. The number of hydrogen-bond donors (Lipinski definition) is 0. The van der Waals surface area contributed by atoms with E-state index in [0.717, 1.165) is 0 Å². The molecule has 0 fully saturated rings. The van der Waals surface area contributed by atoms with Crippen LogP contribution in [0.2, 0.25) is 0 Å². The molecule has 2 heterocycles. The fourth-order valence-electron chi connectivity index (χ4n) is 1.42. The quantitative estimate of drug-likeness (QED) is 0.447. The number of ether oxygens (including phenoxy) is 1. The van der Waals surface area contributed by atoms with Gasteiger partial charge in [0.2, 0.25) is 11.0 Å². The molecule has 106 valence electrons. The lowest BCUT2D eigenvalue weighted by atomic mass is 10.6. The molecule has 0 N–H and O–H groups in total. The van der Waals surface area contributed by atoms with Crippen LogP contribution in [0.3, 0.4) is 0 Å². The number of hydrogen-bond acceptors (Lipinski definition) is 7. The van der Waals surface area contributed by atoms with Gasteiger partial charge in [0.05, 0.1) is 30.2 Å². The highest BCUT2D eigenvalue weighted by molar-refractivity contribution is 7.84. The van der Waals surface area contributed by atoms with Crippen molar-refractivity contribution in [2.24, 2.45) is 7.05 Å². The zero-order valence-corrected chi connectivity index (χ0v) is 11.5. The fourth-order valence-corrected chi connectivity index (χ4v) is 1.82. The molecule has 1 unspecified atom stereocenters. The normalized spacial score (nSPS) is 12.1. The van der Waals surface area contributed by atoms with Gasteiger partial charge in [-0.1, -0.05) is 0 Å². The molecule has 0 aromatic carbocycles. The van der Waals surface area contributed by atoms with Crippen LogP contribution in [0, 0.1) is 10.1 Å². The average molecular weight is 297 g/mol. The predicted octanol–water partition coefficient (Wildman–Crippen LogP) is 0.435. The SMILES string of the molecule is Cn1c([N+](=O)[O-])cnc1COc1cnc(S(C)=O)nc1. The van der Waals surface area contributed by atoms with Gasteiger partial charge in [-0.25, -0.2) is 19.5 Å². The van der Waals surface area contributed by atoms with Gasteiger partial charge in [0.15, 0.2) is 12.4 Å². The van der Waals surface area contributed by atoms with E-state index in [4.69, 9.17) is 4.74 Å². The molecule has 0 aliphatic rings. The lowest BCUT2D eigenvalue weighted by molar-refractivity contribution is -0.391. The maximum Gasteiger partial charge on any atom is 0.342 e. The summed E-state index contributed by atoms with van der Waals surface area (Å²) in [6.07, 6.45) is 5.42. The molecule has 0 aliphatic heterocycles. The molecule has 0 radical (unpaired) electrons. The first-order valence-electron chi connectivity index (χ1n) is 5.42. The van der Waals surface area contributed by atoms with Gasteiger partial charge in [-0.2, -0.15) is 0 Å². The fraction of sp³-hybridized carbons (Fsp3) is 0.300. The molecular formula is C10H11N5O4S. The Kier molecular flexibility index (Phi) is 4.03. The van der Waals surface area contributed by atoms with Crippen LogP contribution in [0.5, 0.6) is 5.75 Å². The Labute approximate surface area is 116 Å². The molecule has 1 atom stereocenters. The van der Waals surface area contributed by atoms with Gasteiger partial charge < -0.3 is 14.9 Å². The Morgan fingerprint density at radius 1 is 1.35 bits per heavy atom. The van der Waals surface area contributed by atoms with Crippen LogP contribution in [0.4, 0.5) is 5.82 Å². The Morgan fingerprint density at radius 3 is 2.50 bits per heavy atom. The van der Waals surface area contributed by atoms with Crippen LogP contribution < -0.4 is 4.74 Å². The van der Waals surface area contributed by atoms with Crippen molar-refractivity contribution in [1.29, 1.82) is 0 Å². The lowest BCUT2D eigenvalue weighted by Crippen LogP contribution is -2.06. The molecule has 0 spiro atoms. The van der Waals surface area contributed by atoms with Crippen molar-refractivity contribution in [2.45, 2.75) is 11.8 Å². The third kappa shape index (κ3) is 2.96. The molecule has 9 nitrogen and oxygen atoms in total. The van der Waals surface area contributed by atoms with Gasteiger partial charge in [-0.3, -0.25) is 4.21 Å². The van der Waals surface area contributed by atoms with Crippen molar-refractivity contribution in [1.82, 2.24) is 19.5 Å². The Morgan fingerprint density at radius 2 is 2.00 bits per heavy atom. The number of nitrogens with zero attached hydrogens (tertiary/aromatic N) is 5. The summed E-state index contributed by atoms with van der Waals surface area (Å²) in [7, 11) is 0.279. The summed E-state index contributed by atoms with van der Waals surface area (Å²) in [4.78, 5) is 21.8. The highest BCUT2D eigenvalue weighted by Crippen LogP contribution is 2.14. The van der Waals surface area contributed by atoms with E-state index in [0.29, 0.717) is 11.6 Å². The zero-order valence-electron chi connectivity index (χ0n) is 10.7. The first-order valence-corrected chi connectivity index (χ1v) is 6.98. The molecule has 0 saturated carbocycles. The van der Waals surface area contributed by atoms with Crippen LogP contribution in [-0.4, -0.2) is 34.9 Å². The summed E-state index contributed by atoms with van der Waals surface area (Å²) < 4.78 is 17.8. The van der Waals surface area contributed by atoms with Crippen LogP contribution in [0.15, 0.2) is 23.7 Å². The predicted molar refractivity (Wildman–Crippen MR) is 68.6 cm³/mol. The van der Waals surface area contributed by atoms with E-state index in [2.05, 4.69) is 15.0 Å². The first kappa shape index (κ1) is 14.1. The molecule has 2 aromatic heterocycles. The second-order valence-corrected chi connectivity index (χ2v) is 5.07. The zero-order chi connectivity index (χ0) is 14.7. The van der Waals surface area contributed by atoms with Crippen LogP contribution in [0.1, 0.15) is 5.82 Å². The van der Waals surface area contributed by atoms with E-state index in [1.54, 1.807) is 0 Å². The monoisotopic (exact) mass is 297 g/mol. The second-order valence-electron chi connectivity index (χ2n) is 3.79. The van der Waals surface area contributed by atoms with Crippen molar-refractivity contribution >= 4 is 16.6 Å². The van der Waals surface area contributed by atoms with Gasteiger partial charge >= 0.3 is 5.82 Å². The van der Waals surface area contributed by atoms with Gasteiger partial charge in [-0.15, -0.1) is 0 Å². The van der Waals surface area contributed by atoms with E-state index < -0.39 is 15.7 Å². The second kappa shape index (κ2) is 5.74. The summed E-state index contributed by atoms with van der Waals surface area (Å²) in [5.41, 5.74) is 0. The largest absolute Gasteiger partial charge is 0.480 e. The molecule has 2 rings (SSSR count). The topological polar surface area (TPSA) is 113 Å². The van der Waals surface area contributed by atoms with Crippen molar-refractivity contribution in [3.05, 3.63) is 34.5 Å². The van der Waals surface area contributed by atoms with E-state index in [-0.39, 0.29) is 17.6 Å².